The summed E-state index contributed by atoms with van der Waals surface area (Å²) < 4.78 is 0.843. The molecule has 0 unspecified atom stereocenters. The summed E-state index contributed by atoms with van der Waals surface area (Å²) in [6.07, 6.45) is 1.78. The van der Waals surface area contributed by atoms with Crippen molar-refractivity contribution >= 4 is 33.2 Å². The van der Waals surface area contributed by atoms with Crippen LogP contribution in [0.2, 0.25) is 0 Å². The molecule has 0 saturated carbocycles. The number of thiophene rings is 1. The number of aliphatic hydroxyl groups excluding tert-OH is 1. The van der Waals surface area contributed by atoms with Crippen LogP contribution in [-0.2, 0) is 0 Å². The van der Waals surface area contributed by atoms with Crippen LogP contribution in [0.1, 0.15) is 36.4 Å². The predicted molar refractivity (Wildman–Crippen MR) is 74.5 cm³/mol. The van der Waals surface area contributed by atoms with E-state index in [4.69, 9.17) is 5.11 Å². The molecule has 17 heavy (non-hydrogen) atoms. The van der Waals surface area contributed by atoms with E-state index in [0.29, 0.717) is 11.4 Å². The predicted octanol–water partition coefficient (Wildman–Crippen LogP) is 3.04. The highest BCUT2D eigenvalue weighted by molar-refractivity contribution is 9.10. The van der Waals surface area contributed by atoms with E-state index in [1.54, 1.807) is 0 Å². The molecule has 1 aromatic rings. The number of nitrogens with one attached hydrogen (secondary N) is 1. The summed E-state index contributed by atoms with van der Waals surface area (Å²) in [5.41, 5.74) is -0.0613. The lowest BCUT2D eigenvalue weighted by atomic mass is 9.89. The first-order valence-electron chi connectivity index (χ1n) is 5.58. The second-order valence-electron chi connectivity index (χ2n) is 4.78. The molecule has 0 saturated heterocycles. The Morgan fingerprint density at radius 3 is 2.82 bits per heavy atom. The van der Waals surface area contributed by atoms with Gasteiger partial charge in [-0.15, -0.1) is 11.3 Å². The van der Waals surface area contributed by atoms with Crippen molar-refractivity contribution in [2.45, 2.75) is 26.7 Å². The lowest BCUT2D eigenvalue weighted by Crippen LogP contribution is -2.26. The van der Waals surface area contributed by atoms with Gasteiger partial charge in [-0.2, -0.15) is 0 Å². The van der Waals surface area contributed by atoms with E-state index in [-0.39, 0.29) is 17.9 Å². The van der Waals surface area contributed by atoms with Crippen LogP contribution >= 0.6 is 27.3 Å². The minimum Gasteiger partial charge on any atom is -0.396 e. The molecule has 0 aliphatic rings. The van der Waals surface area contributed by atoms with Gasteiger partial charge in [-0.1, -0.05) is 13.8 Å². The van der Waals surface area contributed by atoms with Crippen LogP contribution in [0.25, 0.3) is 0 Å². The molecule has 1 aromatic heterocycles. The molecule has 0 aromatic carbocycles. The highest BCUT2D eigenvalue weighted by Gasteiger charge is 2.16. The maximum absolute atomic E-state index is 11.7. The molecule has 5 heteroatoms. The van der Waals surface area contributed by atoms with E-state index in [1.165, 1.54) is 11.3 Å². The van der Waals surface area contributed by atoms with Crippen LogP contribution in [0.4, 0.5) is 0 Å². The first-order valence-corrected chi connectivity index (χ1v) is 7.25. The molecule has 0 spiro atoms. The Morgan fingerprint density at radius 2 is 2.29 bits per heavy atom. The Bertz CT molecular complexity index is 376. The van der Waals surface area contributed by atoms with Gasteiger partial charge in [-0.25, -0.2) is 0 Å². The molecule has 0 fully saturated rings. The molecule has 96 valence electrons. The Balaban J connectivity index is 2.29. The first-order chi connectivity index (χ1) is 7.96. The minimum absolute atomic E-state index is 0.0336. The summed E-state index contributed by atoms with van der Waals surface area (Å²) >= 11 is 4.76. The number of rotatable bonds is 6. The van der Waals surface area contributed by atoms with Gasteiger partial charge in [0.1, 0.15) is 4.88 Å². The monoisotopic (exact) mass is 319 g/mol. The fourth-order valence-electron chi connectivity index (χ4n) is 1.38. The zero-order chi connectivity index (χ0) is 12.9. The molecular weight excluding hydrogens is 302 g/mol. The van der Waals surface area contributed by atoms with E-state index >= 15 is 0 Å². The average Bonchev–Trinajstić information content (AvgIpc) is 2.71. The molecule has 1 rings (SSSR count). The van der Waals surface area contributed by atoms with Crippen molar-refractivity contribution in [1.29, 1.82) is 0 Å². The van der Waals surface area contributed by atoms with Gasteiger partial charge in [-0.3, -0.25) is 4.79 Å². The third-order valence-electron chi connectivity index (χ3n) is 2.57. The van der Waals surface area contributed by atoms with E-state index in [1.807, 2.05) is 25.3 Å². The second-order valence-corrected chi connectivity index (χ2v) is 6.55. The lowest BCUT2D eigenvalue weighted by molar-refractivity contribution is 0.0952. The largest absolute Gasteiger partial charge is 0.396 e. The van der Waals surface area contributed by atoms with Crippen molar-refractivity contribution in [1.82, 2.24) is 5.32 Å². The Hall–Kier alpha value is -0.390. The quantitative estimate of drug-likeness (QED) is 0.792. The van der Waals surface area contributed by atoms with E-state index < -0.39 is 0 Å². The highest BCUT2D eigenvalue weighted by Crippen LogP contribution is 2.23. The summed E-state index contributed by atoms with van der Waals surface area (Å²) in [7, 11) is 0. The van der Waals surface area contributed by atoms with Gasteiger partial charge in [0.25, 0.3) is 5.91 Å². The summed E-state index contributed by atoms with van der Waals surface area (Å²) in [6.45, 7) is 4.86. The second kappa shape index (κ2) is 6.52. The summed E-state index contributed by atoms with van der Waals surface area (Å²) in [5, 5.41) is 13.9. The number of amides is 1. The number of hydrogen-bond acceptors (Lipinski definition) is 3. The standard InChI is InChI=1S/C12H18BrNO2S/c1-12(2,8-15)5-3-6-14-11(16)10-9(13)4-7-17-10/h4,7,15H,3,5-6,8H2,1-2H3,(H,14,16). The molecule has 3 nitrogen and oxygen atoms in total. The SMILES string of the molecule is CC(C)(CO)CCCNC(=O)c1sccc1Br. The lowest BCUT2D eigenvalue weighted by Gasteiger charge is -2.21. The normalized spacial score (nSPS) is 11.5. The van der Waals surface area contributed by atoms with Crippen LogP contribution in [0.15, 0.2) is 15.9 Å². The minimum atomic E-state index is -0.0613. The van der Waals surface area contributed by atoms with Crippen LogP contribution in [0, 0.1) is 5.41 Å². The zero-order valence-electron chi connectivity index (χ0n) is 10.1. The molecule has 1 amide bonds. The number of carbonyl (C=O) groups excluding carboxylic acids is 1. The Labute approximate surface area is 114 Å². The number of hydrogen-bond donors (Lipinski definition) is 2. The van der Waals surface area contributed by atoms with Crippen molar-refractivity contribution in [2.75, 3.05) is 13.2 Å². The van der Waals surface area contributed by atoms with E-state index in [9.17, 15) is 4.79 Å². The van der Waals surface area contributed by atoms with Gasteiger partial charge in [0.05, 0.1) is 0 Å². The van der Waals surface area contributed by atoms with E-state index in [0.717, 1.165) is 17.3 Å². The third-order valence-corrected chi connectivity index (χ3v) is 4.40. The summed E-state index contributed by atoms with van der Waals surface area (Å²) in [4.78, 5) is 12.5. The van der Waals surface area contributed by atoms with Crippen LogP contribution in [0.3, 0.4) is 0 Å². The van der Waals surface area contributed by atoms with Gasteiger partial charge in [0.15, 0.2) is 0 Å². The summed E-state index contributed by atoms with van der Waals surface area (Å²) in [5.74, 6) is -0.0336. The van der Waals surface area contributed by atoms with E-state index in [2.05, 4.69) is 21.2 Å². The molecule has 0 atom stereocenters. The first kappa shape index (κ1) is 14.7. The van der Waals surface area contributed by atoms with Crippen LogP contribution < -0.4 is 5.32 Å². The molecule has 0 bridgehead atoms. The van der Waals surface area contributed by atoms with Gasteiger partial charge in [0.2, 0.25) is 0 Å². The van der Waals surface area contributed by atoms with Crippen molar-refractivity contribution in [3.63, 3.8) is 0 Å². The number of carbonyl (C=O) groups is 1. The van der Waals surface area contributed by atoms with Crippen molar-refractivity contribution in [3.8, 4) is 0 Å². The highest BCUT2D eigenvalue weighted by atomic mass is 79.9. The Kier molecular flexibility index (Phi) is 5.62. The average molecular weight is 320 g/mol. The number of halogens is 1. The fraction of sp³-hybridized carbons (Fsp3) is 0.583. The number of aliphatic hydroxyl groups is 1. The topological polar surface area (TPSA) is 49.3 Å². The maximum Gasteiger partial charge on any atom is 0.262 e. The maximum atomic E-state index is 11.7. The molecule has 0 radical (unpaired) electrons. The van der Waals surface area contributed by atoms with Crippen LogP contribution in [-0.4, -0.2) is 24.2 Å². The molecule has 1 heterocycles. The van der Waals surface area contributed by atoms with Gasteiger partial charge < -0.3 is 10.4 Å². The fourth-order valence-corrected chi connectivity index (χ4v) is 2.85. The molecule has 0 aliphatic carbocycles. The Morgan fingerprint density at radius 1 is 1.59 bits per heavy atom. The van der Waals surface area contributed by atoms with Crippen molar-refractivity contribution in [2.24, 2.45) is 5.41 Å². The summed E-state index contributed by atoms with van der Waals surface area (Å²) in [6, 6.07) is 1.87. The third kappa shape index (κ3) is 4.77. The smallest absolute Gasteiger partial charge is 0.262 e. The van der Waals surface area contributed by atoms with Crippen molar-refractivity contribution in [3.05, 3.63) is 20.8 Å². The molecule has 0 aliphatic heterocycles. The molecule has 2 N–H and O–H groups in total. The zero-order valence-corrected chi connectivity index (χ0v) is 12.5. The van der Waals surface area contributed by atoms with Crippen molar-refractivity contribution < 1.29 is 9.90 Å². The molecular formula is C12H18BrNO2S. The van der Waals surface area contributed by atoms with Gasteiger partial charge in [-0.05, 0) is 45.6 Å². The van der Waals surface area contributed by atoms with Crippen LogP contribution in [0.5, 0.6) is 0 Å². The van der Waals surface area contributed by atoms with Gasteiger partial charge >= 0.3 is 0 Å². The van der Waals surface area contributed by atoms with Gasteiger partial charge in [0, 0.05) is 17.6 Å².